The van der Waals surface area contributed by atoms with E-state index in [1.54, 1.807) is 88.4 Å². The summed E-state index contributed by atoms with van der Waals surface area (Å²) in [6.07, 6.45) is -5.55. The van der Waals surface area contributed by atoms with Gasteiger partial charge < -0.3 is 73.8 Å². The van der Waals surface area contributed by atoms with Crippen LogP contribution in [-0.4, -0.2) is 158 Å². The third-order valence-corrected chi connectivity index (χ3v) is 11.3. The molecule has 10 atom stereocenters. The van der Waals surface area contributed by atoms with Crippen molar-refractivity contribution in [3.05, 3.63) is 71.8 Å². The van der Waals surface area contributed by atoms with Crippen LogP contribution in [0.15, 0.2) is 60.7 Å². The van der Waals surface area contributed by atoms with Gasteiger partial charge in [0.2, 0.25) is 47.3 Å². The molecule has 15 N–H and O–H groups in total. The fraction of sp³-hybridized carbons (Fsp3) is 0.540. The lowest BCUT2D eigenvalue weighted by Crippen LogP contribution is -2.62. The van der Waals surface area contributed by atoms with E-state index in [2.05, 4.69) is 42.5 Å². The van der Waals surface area contributed by atoms with Gasteiger partial charge in [-0.25, -0.2) is 4.79 Å². The van der Waals surface area contributed by atoms with Crippen LogP contribution in [0.25, 0.3) is 0 Å². The van der Waals surface area contributed by atoms with Crippen LogP contribution in [-0.2, 0) is 65.6 Å². The first kappa shape index (κ1) is 63.6. The second-order valence-electron chi connectivity index (χ2n) is 19.0. The van der Waals surface area contributed by atoms with Gasteiger partial charge in [-0.1, -0.05) is 88.4 Å². The molecule has 0 aliphatic carbocycles. The first-order chi connectivity index (χ1) is 35.2. The molecule has 2 aromatic rings. The van der Waals surface area contributed by atoms with Crippen molar-refractivity contribution in [2.45, 2.75) is 153 Å². The minimum Gasteiger partial charge on any atom is -0.481 e. The zero-order valence-corrected chi connectivity index (χ0v) is 42.9. The van der Waals surface area contributed by atoms with Crippen molar-refractivity contribution < 1.29 is 78.3 Å². The highest BCUT2D eigenvalue weighted by molar-refractivity contribution is 5.98. The van der Waals surface area contributed by atoms with Gasteiger partial charge in [-0.2, -0.15) is 0 Å². The molecule has 25 nitrogen and oxygen atoms in total. The number of benzene rings is 2. The Balaban J connectivity index is 2.23. The third kappa shape index (κ3) is 23.9. The van der Waals surface area contributed by atoms with E-state index in [0.29, 0.717) is 11.1 Å². The number of carbonyl (C=O) groups is 11. The first-order valence-electron chi connectivity index (χ1n) is 24.4. The Morgan fingerprint density at radius 2 is 0.827 bits per heavy atom. The third-order valence-electron chi connectivity index (χ3n) is 11.3. The van der Waals surface area contributed by atoms with Crippen LogP contribution in [0, 0.1) is 11.8 Å². The van der Waals surface area contributed by atoms with Gasteiger partial charge in [0.25, 0.3) is 0 Å². The van der Waals surface area contributed by atoms with Gasteiger partial charge in [0.15, 0.2) is 0 Å². The van der Waals surface area contributed by atoms with Crippen molar-refractivity contribution in [3.63, 3.8) is 0 Å². The van der Waals surface area contributed by atoms with Crippen LogP contribution in [0.4, 0.5) is 0 Å². The second kappa shape index (κ2) is 31.9. The predicted molar refractivity (Wildman–Crippen MR) is 268 cm³/mol. The number of aliphatic carboxylic acids is 3. The summed E-state index contributed by atoms with van der Waals surface area (Å²) >= 11 is 0. The lowest BCUT2D eigenvalue weighted by Gasteiger charge is -2.29. The Labute approximate surface area is 434 Å². The number of aliphatic hydroxyl groups excluding tert-OH is 2. The van der Waals surface area contributed by atoms with Crippen LogP contribution in [0.2, 0.25) is 0 Å². The van der Waals surface area contributed by atoms with Crippen LogP contribution in [0.5, 0.6) is 0 Å². The lowest BCUT2D eigenvalue weighted by atomic mass is 10.00. The Morgan fingerprint density at radius 1 is 0.453 bits per heavy atom. The normalized spacial score (nSPS) is 15.1. The number of carboxylic acid groups (broad SMARTS) is 3. The summed E-state index contributed by atoms with van der Waals surface area (Å²) < 4.78 is 0. The predicted octanol–water partition coefficient (Wildman–Crippen LogP) is -2.02. The lowest BCUT2D eigenvalue weighted by molar-refractivity contribution is -0.143. The second-order valence-corrected chi connectivity index (χ2v) is 19.0. The molecule has 0 aliphatic rings. The molecule has 414 valence electrons. The summed E-state index contributed by atoms with van der Waals surface area (Å²) in [4.78, 5) is 143. The zero-order valence-electron chi connectivity index (χ0n) is 42.9. The maximum Gasteiger partial charge on any atom is 0.326 e. The number of aliphatic hydroxyl groups is 2. The number of carboxylic acids is 3. The Hall–Kier alpha value is -7.51. The minimum absolute atomic E-state index is 0.0448. The van der Waals surface area contributed by atoms with Gasteiger partial charge in [-0.15, -0.1) is 0 Å². The summed E-state index contributed by atoms with van der Waals surface area (Å²) in [5.74, 6) is -12.6. The number of hydrogen-bond donors (Lipinski definition) is 14. The van der Waals surface area contributed by atoms with Crippen molar-refractivity contribution in [1.29, 1.82) is 0 Å². The minimum atomic E-state index is -1.77. The van der Waals surface area contributed by atoms with Crippen molar-refractivity contribution in [3.8, 4) is 0 Å². The van der Waals surface area contributed by atoms with E-state index in [0.717, 1.165) is 6.92 Å². The first-order valence-corrected chi connectivity index (χ1v) is 24.4. The maximum atomic E-state index is 13.9. The molecule has 25 heteroatoms. The van der Waals surface area contributed by atoms with Crippen molar-refractivity contribution in [1.82, 2.24) is 42.5 Å². The fourth-order valence-electron chi connectivity index (χ4n) is 7.42. The number of rotatable bonds is 33. The van der Waals surface area contributed by atoms with Crippen LogP contribution in [0.3, 0.4) is 0 Å². The van der Waals surface area contributed by atoms with Crippen LogP contribution < -0.4 is 48.3 Å². The molecular formula is C50H73N9O16. The molecule has 0 unspecified atom stereocenters. The van der Waals surface area contributed by atoms with Gasteiger partial charge in [-0.3, -0.25) is 47.9 Å². The molecule has 0 saturated carbocycles. The van der Waals surface area contributed by atoms with Crippen molar-refractivity contribution in [2.24, 2.45) is 17.6 Å². The van der Waals surface area contributed by atoms with Gasteiger partial charge in [0.1, 0.15) is 42.3 Å². The van der Waals surface area contributed by atoms with Gasteiger partial charge >= 0.3 is 17.9 Å². The molecule has 0 spiro atoms. The van der Waals surface area contributed by atoms with E-state index in [4.69, 9.17) is 5.73 Å². The highest BCUT2D eigenvalue weighted by Gasteiger charge is 2.36. The van der Waals surface area contributed by atoms with Crippen LogP contribution >= 0.6 is 0 Å². The van der Waals surface area contributed by atoms with Crippen molar-refractivity contribution in [2.75, 3.05) is 6.54 Å². The molecule has 0 aliphatic heterocycles. The zero-order chi connectivity index (χ0) is 56.5. The quantitative estimate of drug-likeness (QED) is 0.0367. The smallest absolute Gasteiger partial charge is 0.326 e. The molecule has 2 aromatic carbocycles. The summed E-state index contributed by atoms with van der Waals surface area (Å²) in [5, 5.41) is 68.7. The summed E-state index contributed by atoms with van der Waals surface area (Å²) in [5.41, 5.74) is 7.35. The van der Waals surface area contributed by atoms with E-state index in [1.165, 1.54) is 6.92 Å². The molecule has 8 amide bonds. The van der Waals surface area contributed by atoms with Crippen LogP contribution in [0.1, 0.15) is 91.2 Å². The molecule has 0 heterocycles. The Bertz CT molecular complexity index is 2260. The number of nitrogens with two attached hydrogens (primary N) is 1. The summed E-state index contributed by atoms with van der Waals surface area (Å²) in [6, 6.07) is 4.94. The molecule has 2 rings (SSSR count). The number of hydrogen-bond acceptors (Lipinski definition) is 14. The monoisotopic (exact) mass is 1060 g/mol. The summed E-state index contributed by atoms with van der Waals surface area (Å²) in [6.45, 7) is 8.33. The largest absolute Gasteiger partial charge is 0.481 e. The number of nitrogens with one attached hydrogen (secondary N) is 8. The van der Waals surface area contributed by atoms with Crippen molar-refractivity contribution >= 4 is 65.2 Å². The molecule has 0 radical (unpaired) electrons. The standard InChI is InChI=1S/C50H73N9O16/c1-26(2)21-35(44(68)52-25-38(62)53-33(17-19-39(63)64)45(69)57-37(50(74)75)24-31-15-11-8-12-16-31)56-49(73)42(29(6)61)59-47(71)36(22-27(3)4)55-46(70)34(18-20-40(65)66)54-48(72)41(28(5)60)58-43(67)32(51)23-30-13-9-7-10-14-30/h7-16,26-29,32-37,41-42,60-61H,17-25,51H2,1-6H3,(H,52,68)(H,53,62)(H,54,72)(H,55,70)(H,56,73)(H,57,69)(H,58,67)(H,59,71)(H,63,64)(H,65,66)(H,74,75)/t28-,29-,32+,33+,34+,35+,36+,37+,41+,42+/m1/s1. The highest BCUT2D eigenvalue weighted by Crippen LogP contribution is 2.12. The molecule has 75 heavy (non-hydrogen) atoms. The van der Waals surface area contributed by atoms with E-state index >= 15 is 0 Å². The molecular weight excluding hydrogens is 983 g/mol. The van der Waals surface area contributed by atoms with E-state index in [1.807, 2.05) is 0 Å². The summed E-state index contributed by atoms with van der Waals surface area (Å²) in [7, 11) is 0. The average Bonchev–Trinajstić information content (AvgIpc) is 3.33. The average molecular weight is 1060 g/mol. The molecule has 0 fully saturated rings. The highest BCUT2D eigenvalue weighted by atomic mass is 16.4. The van der Waals surface area contributed by atoms with Gasteiger partial charge in [0, 0.05) is 19.3 Å². The van der Waals surface area contributed by atoms with Gasteiger partial charge in [-0.05, 0) is 68.9 Å². The SMILES string of the molecule is CC(C)C[C@H](NC(=O)[C@H](CCC(=O)O)NC(=O)[C@@H](NC(=O)[C@@H](N)Cc1ccccc1)[C@@H](C)O)C(=O)N[C@H](C(=O)N[C@@H](CC(C)C)C(=O)NCC(=O)N[C@@H](CCC(=O)O)C(=O)N[C@@H](Cc1ccccc1)C(=O)O)[C@@H](C)O. The van der Waals surface area contributed by atoms with E-state index < -0.39 is 158 Å². The number of carbonyl (C=O) groups excluding carboxylic acids is 8. The van der Waals surface area contributed by atoms with Gasteiger partial charge in [0.05, 0.1) is 24.8 Å². The van der Waals surface area contributed by atoms with E-state index in [9.17, 15) is 78.3 Å². The molecule has 0 bridgehead atoms. The maximum absolute atomic E-state index is 13.9. The van der Waals surface area contributed by atoms with E-state index in [-0.39, 0.29) is 37.5 Å². The topological polar surface area (TPSA) is 411 Å². The fourth-order valence-corrected chi connectivity index (χ4v) is 7.42. The molecule has 0 saturated heterocycles. The number of amides is 8. The molecule has 0 aromatic heterocycles. The Morgan fingerprint density at radius 3 is 1.25 bits per heavy atom. The Kier molecular flexibility index (Phi) is 27.1.